The van der Waals surface area contributed by atoms with Crippen molar-refractivity contribution in [2.45, 2.75) is 30.6 Å². The maximum absolute atomic E-state index is 12.0. The highest BCUT2D eigenvalue weighted by Crippen LogP contribution is 2.39. The molecule has 0 aliphatic carbocycles. The second kappa shape index (κ2) is 6.17. The number of fused-ring (bicyclic) bond motifs is 2. The summed E-state index contributed by atoms with van der Waals surface area (Å²) < 4.78 is 1.26. The van der Waals surface area contributed by atoms with Gasteiger partial charge < -0.3 is 9.80 Å². The van der Waals surface area contributed by atoms with Crippen LogP contribution in [0, 0.1) is 6.92 Å². The predicted octanol–water partition coefficient (Wildman–Crippen LogP) is 1.72. The Balaban J connectivity index is 1.58. The lowest BCUT2D eigenvalue weighted by atomic mass is 9.87. The van der Waals surface area contributed by atoms with E-state index in [0.717, 1.165) is 41.9 Å². The van der Waals surface area contributed by atoms with Gasteiger partial charge in [0, 0.05) is 31.9 Å². The molecule has 0 N–H and O–H groups in total. The SMILES string of the molecule is CSc1nc(C)cc(N2C3CC2CN(c2cnn(C)c(=O)c2Cl)C3)n1. The van der Waals surface area contributed by atoms with Crippen molar-refractivity contribution < 1.29 is 0 Å². The number of aryl methyl sites for hydroxylation is 2. The maximum atomic E-state index is 12.0. The summed E-state index contributed by atoms with van der Waals surface area (Å²) in [6, 6.07) is 2.77. The summed E-state index contributed by atoms with van der Waals surface area (Å²) in [5.74, 6) is 0.992. The predicted molar refractivity (Wildman–Crippen MR) is 99.9 cm³/mol. The third-order valence-electron chi connectivity index (χ3n) is 4.86. The molecule has 2 unspecified atom stereocenters. The topological polar surface area (TPSA) is 67.2 Å². The minimum Gasteiger partial charge on any atom is -0.365 e. The van der Waals surface area contributed by atoms with Crippen molar-refractivity contribution in [3.05, 3.63) is 33.3 Å². The summed E-state index contributed by atoms with van der Waals surface area (Å²) in [6.45, 7) is 3.61. The van der Waals surface area contributed by atoms with Crippen molar-refractivity contribution in [2.24, 2.45) is 7.05 Å². The van der Waals surface area contributed by atoms with E-state index in [2.05, 4.69) is 24.9 Å². The molecule has 2 bridgehead atoms. The second-order valence-electron chi connectivity index (χ2n) is 6.48. The molecule has 3 aliphatic rings. The van der Waals surface area contributed by atoms with Gasteiger partial charge in [-0.25, -0.2) is 14.6 Å². The van der Waals surface area contributed by atoms with Crippen LogP contribution in [0.2, 0.25) is 5.02 Å². The van der Waals surface area contributed by atoms with Crippen LogP contribution in [0.1, 0.15) is 12.1 Å². The van der Waals surface area contributed by atoms with Crippen LogP contribution in [-0.2, 0) is 7.05 Å². The number of piperazine rings is 1. The summed E-state index contributed by atoms with van der Waals surface area (Å²) in [7, 11) is 1.61. The molecule has 7 nitrogen and oxygen atoms in total. The number of anilines is 2. The Labute approximate surface area is 155 Å². The Morgan fingerprint density at radius 1 is 1.28 bits per heavy atom. The van der Waals surface area contributed by atoms with Crippen molar-refractivity contribution in [3.8, 4) is 0 Å². The molecule has 2 aromatic rings. The van der Waals surface area contributed by atoms with E-state index in [1.807, 2.05) is 19.2 Å². The average molecular weight is 379 g/mol. The minimum atomic E-state index is -0.258. The molecule has 2 atom stereocenters. The normalized spacial score (nSPS) is 22.1. The third kappa shape index (κ3) is 2.77. The molecule has 0 radical (unpaired) electrons. The van der Waals surface area contributed by atoms with Gasteiger partial charge in [0.1, 0.15) is 10.8 Å². The van der Waals surface area contributed by atoms with Crippen LogP contribution >= 0.6 is 23.4 Å². The molecule has 3 aliphatic heterocycles. The minimum absolute atomic E-state index is 0.243. The van der Waals surface area contributed by atoms with Crippen LogP contribution in [0.5, 0.6) is 0 Å². The van der Waals surface area contributed by atoms with Crippen LogP contribution in [0.4, 0.5) is 11.5 Å². The monoisotopic (exact) mass is 378 g/mol. The molecule has 9 heteroatoms. The van der Waals surface area contributed by atoms with E-state index < -0.39 is 0 Å². The first-order valence-corrected chi connectivity index (χ1v) is 9.73. The smallest absolute Gasteiger partial charge is 0.287 e. The molecule has 132 valence electrons. The Morgan fingerprint density at radius 3 is 2.68 bits per heavy atom. The summed E-state index contributed by atoms with van der Waals surface area (Å²) in [5, 5.41) is 5.15. The quantitative estimate of drug-likeness (QED) is 0.595. The van der Waals surface area contributed by atoms with Gasteiger partial charge in [0.2, 0.25) is 0 Å². The van der Waals surface area contributed by atoms with Crippen LogP contribution < -0.4 is 15.4 Å². The third-order valence-corrected chi connectivity index (χ3v) is 5.76. The highest BCUT2D eigenvalue weighted by molar-refractivity contribution is 7.98. The van der Waals surface area contributed by atoms with Gasteiger partial charge in [0.05, 0.1) is 24.0 Å². The summed E-state index contributed by atoms with van der Waals surface area (Å²) in [5.41, 5.74) is 1.45. The summed E-state index contributed by atoms with van der Waals surface area (Å²) >= 11 is 7.81. The Morgan fingerprint density at radius 2 is 2.00 bits per heavy atom. The molecule has 3 fully saturated rings. The number of rotatable bonds is 3. The van der Waals surface area contributed by atoms with E-state index in [1.165, 1.54) is 4.68 Å². The lowest BCUT2D eigenvalue weighted by Gasteiger charge is -2.57. The fourth-order valence-electron chi connectivity index (χ4n) is 3.65. The summed E-state index contributed by atoms with van der Waals surface area (Å²) in [4.78, 5) is 25.7. The number of nitrogens with zero attached hydrogens (tertiary/aromatic N) is 6. The van der Waals surface area contributed by atoms with Crippen LogP contribution in [-0.4, -0.2) is 51.2 Å². The first-order chi connectivity index (χ1) is 12.0. The molecular weight excluding hydrogens is 360 g/mol. The van der Waals surface area contributed by atoms with Gasteiger partial charge in [-0.1, -0.05) is 23.4 Å². The Hall–Kier alpha value is -1.80. The fourth-order valence-corrected chi connectivity index (χ4v) is 4.36. The van der Waals surface area contributed by atoms with Crippen molar-refractivity contribution in [1.29, 1.82) is 0 Å². The summed E-state index contributed by atoms with van der Waals surface area (Å²) in [6.07, 6.45) is 4.80. The van der Waals surface area contributed by atoms with Gasteiger partial charge in [-0.3, -0.25) is 4.79 Å². The Bertz CT molecular complexity index is 875. The van der Waals surface area contributed by atoms with Crippen LogP contribution in [0.3, 0.4) is 0 Å². The zero-order valence-corrected chi connectivity index (χ0v) is 15.9. The van der Waals surface area contributed by atoms with Gasteiger partial charge >= 0.3 is 0 Å². The van der Waals surface area contributed by atoms with Crippen molar-refractivity contribution in [2.75, 3.05) is 29.1 Å². The molecule has 5 rings (SSSR count). The zero-order valence-electron chi connectivity index (χ0n) is 14.3. The lowest BCUT2D eigenvalue weighted by molar-refractivity contribution is 0.288. The number of thioether (sulfide) groups is 1. The van der Waals surface area contributed by atoms with Crippen molar-refractivity contribution >= 4 is 34.9 Å². The van der Waals surface area contributed by atoms with E-state index in [9.17, 15) is 4.79 Å². The van der Waals surface area contributed by atoms with Crippen LogP contribution in [0.15, 0.2) is 22.2 Å². The molecule has 0 amide bonds. The molecule has 0 saturated carbocycles. The molecule has 25 heavy (non-hydrogen) atoms. The average Bonchev–Trinajstić information content (AvgIpc) is 2.59. The number of piperidine rings is 1. The van der Waals surface area contributed by atoms with Gasteiger partial charge in [0.15, 0.2) is 5.16 Å². The van der Waals surface area contributed by atoms with E-state index in [0.29, 0.717) is 12.1 Å². The molecule has 5 heterocycles. The van der Waals surface area contributed by atoms with E-state index in [4.69, 9.17) is 11.6 Å². The lowest BCUT2D eigenvalue weighted by Crippen LogP contribution is -2.69. The largest absolute Gasteiger partial charge is 0.365 e. The van der Waals surface area contributed by atoms with Crippen molar-refractivity contribution in [3.63, 3.8) is 0 Å². The van der Waals surface area contributed by atoms with Gasteiger partial charge in [-0.05, 0) is 19.6 Å². The van der Waals surface area contributed by atoms with Crippen LogP contribution in [0.25, 0.3) is 0 Å². The Kier molecular flexibility index (Phi) is 4.11. The number of aromatic nitrogens is 4. The van der Waals surface area contributed by atoms with E-state index in [1.54, 1.807) is 25.0 Å². The number of halogens is 1. The highest BCUT2D eigenvalue weighted by atomic mass is 35.5. The first kappa shape index (κ1) is 16.7. The van der Waals surface area contributed by atoms with Gasteiger partial charge in [-0.2, -0.15) is 5.10 Å². The molecule has 0 spiro atoms. The first-order valence-electron chi connectivity index (χ1n) is 8.12. The second-order valence-corrected chi connectivity index (χ2v) is 7.63. The van der Waals surface area contributed by atoms with E-state index >= 15 is 0 Å². The fraction of sp³-hybridized carbons (Fsp3) is 0.500. The molecule has 0 aromatic carbocycles. The molecule has 3 saturated heterocycles. The standard InChI is InChI=1S/C16H19ClN6OS/c1-9-4-13(20-16(19-9)25-3)23-10-5-11(23)8-22(7-10)12-6-18-21(2)15(24)14(12)17/h4,6,10-11H,5,7-8H2,1-3H3. The van der Waals surface area contributed by atoms with E-state index in [-0.39, 0.29) is 10.6 Å². The van der Waals surface area contributed by atoms with Gasteiger partial charge in [0.25, 0.3) is 5.56 Å². The maximum Gasteiger partial charge on any atom is 0.287 e. The molecule has 2 aromatic heterocycles. The number of hydrogen-bond donors (Lipinski definition) is 0. The number of hydrogen-bond acceptors (Lipinski definition) is 7. The van der Waals surface area contributed by atoms with Gasteiger partial charge in [-0.15, -0.1) is 0 Å². The highest BCUT2D eigenvalue weighted by Gasteiger charge is 2.46. The zero-order chi connectivity index (χ0) is 17.7. The molecular formula is C16H19ClN6OS. The van der Waals surface area contributed by atoms with Crippen molar-refractivity contribution in [1.82, 2.24) is 19.7 Å².